The van der Waals surface area contributed by atoms with Crippen LogP contribution in [0, 0.1) is 0 Å². The van der Waals surface area contributed by atoms with Gasteiger partial charge in [0.1, 0.15) is 0 Å². The molecule has 10 heavy (non-hydrogen) atoms. The van der Waals surface area contributed by atoms with E-state index >= 15 is 0 Å². The molecule has 0 radical (unpaired) electrons. The van der Waals surface area contributed by atoms with E-state index < -0.39 is 12.1 Å². The van der Waals surface area contributed by atoms with Crippen LogP contribution in [-0.2, 0) is 4.79 Å². The zero-order valence-electron chi connectivity index (χ0n) is 4.82. The Morgan fingerprint density at radius 3 is 3.00 bits per heavy atom. The molecule has 0 amide bonds. The Labute approximate surface area is 60.1 Å². The van der Waals surface area contributed by atoms with Crippen molar-refractivity contribution in [1.82, 2.24) is 4.98 Å². The van der Waals surface area contributed by atoms with Crippen LogP contribution < -0.4 is 0 Å². The van der Waals surface area contributed by atoms with E-state index in [0.717, 1.165) is 11.3 Å². The van der Waals surface area contributed by atoms with E-state index in [1.165, 1.54) is 11.7 Å². The molecule has 0 saturated heterocycles. The SMILES string of the molecule is O=C(O)C(F)c1cncs1. The van der Waals surface area contributed by atoms with Gasteiger partial charge in [-0.3, -0.25) is 4.98 Å². The van der Waals surface area contributed by atoms with Gasteiger partial charge in [0.05, 0.1) is 10.4 Å². The van der Waals surface area contributed by atoms with Crippen molar-refractivity contribution in [1.29, 1.82) is 0 Å². The molecule has 54 valence electrons. The molecule has 0 aliphatic rings. The molecule has 0 bridgehead atoms. The standard InChI is InChI=1S/C5H4FNO2S/c6-4(5(8)9)3-1-7-2-10-3/h1-2,4H,(H,8,9). The Balaban J connectivity index is 2.77. The summed E-state index contributed by atoms with van der Waals surface area (Å²) in [7, 11) is 0. The summed E-state index contributed by atoms with van der Waals surface area (Å²) < 4.78 is 12.5. The molecule has 1 unspecified atom stereocenters. The van der Waals surface area contributed by atoms with Crippen molar-refractivity contribution in [2.75, 3.05) is 0 Å². The Morgan fingerprint density at radius 1 is 1.90 bits per heavy atom. The smallest absolute Gasteiger partial charge is 0.343 e. The number of aliphatic carboxylic acids is 1. The number of rotatable bonds is 2. The van der Waals surface area contributed by atoms with Gasteiger partial charge in [-0.1, -0.05) is 0 Å². The minimum atomic E-state index is -1.92. The van der Waals surface area contributed by atoms with Gasteiger partial charge in [0, 0.05) is 6.20 Å². The maximum atomic E-state index is 12.5. The summed E-state index contributed by atoms with van der Waals surface area (Å²) in [5, 5.41) is 8.16. The van der Waals surface area contributed by atoms with Gasteiger partial charge >= 0.3 is 5.97 Å². The second kappa shape index (κ2) is 2.74. The number of nitrogens with zero attached hydrogens (tertiary/aromatic N) is 1. The van der Waals surface area contributed by atoms with Crippen molar-refractivity contribution in [3.05, 3.63) is 16.6 Å². The molecule has 0 saturated carbocycles. The van der Waals surface area contributed by atoms with Crippen LogP contribution >= 0.6 is 11.3 Å². The molecule has 1 N–H and O–H groups in total. The average Bonchev–Trinajstić information content (AvgIpc) is 2.36. The molecule has 0 fully saturated rings. The largest absolute Gasteiger partial charge is 0.479 e. The predicted molar refractivity (Wildman–Crippen MR) is 33.6 cm³/mol. The lowest BCUT2D eigenvalue weighted by atomic mass is 10.3. The van der Waals surface area contributed by atoms with E-state index in [4.69, 9.17) is 5.11 Å². The van der Waals surface area contributed by atoms with E-state index in [0.29, 0.717) is 0 Å². The lowest BCUT2D eigenvalue weighted by molar-refractivity contribution is -0.142. The zero-order chi connectivity index (χ0) is 7.56. The van der Waals surface area contributed by atoms with Gasteiger partial charge in [-0.05, 0) is 0 Å². The molecule has 0 spiro atoms. The van der Waals surface area contributed by atoms with Gasteiger partial charge in [-0.15, -0.1) is 11.3 Å². The third-order valence-corrected chi connectivity index (χ3v) is 1.73. The highest BCUT2D eigenvalue weighted by Gasteiger charge is 2.19. The van der Waals surface area contributed by atoms with Crippen molar-refractivity contribution in [2.45, 2.75) is 6.17 Å². The fourth-order valence-corrected chi connectivity index (χ4v) is 1.06. The first-order chi connectivity index (χ1) is 4.72. The van der Waals surface area contributed by atoms with Crippen LogP contribution in [0.1, 0.15) is 11.0 Å². The summed E-state index contributed by atoms with van der Waals surface area (Å²) in [5.41, 5.74) is 1.39. The van der Waals surface area contributed by atoms with Gasteiger partial charge < -0.3 is 5.11 Å². The van der Waals surface area contributed by atoms with Crippen LogP contribution in [0.3, 0.4) is 0 Å². The summed E-state index contributed by atoms with van der Waals surface area (Å²) in [6.07, 6.45) is -0.712. The molecule has 0 aliphatic carbocycles. The minimum Gasteiger partial charge on any atom is -0.479 e. The fraction of sp³-hybridized carbons (Fsp3) is 0.200. The van der Waals surface area contributed by atoms with Crippen molar-refractivity contribution >= 4 is 17.3 Å². The second-order valence-electron chi connectivity index (χ2n) is 1.60. The number of hydrogen-bond donors (Lipinski definition) is 1. The van der Waals surface area contributed by atoms with Gasteiger partial charge in [0.2, 0.25) is 6.17 Å². The quantitative estimate of drug-likeness (QED) is 0.709. The van der Waals surface area contributed by atoms with Crippen molar-refractivity contribution in [3.8, 4) is 0 Å². The number of carboxylic acids is 1. The summed E-state index contributed by atoms with van der Waals surface area (Å²) in [5.74, 6) is -1.47. The van der Waals surface area contributed by atoms with Crippen molar-refractivity contribution in [2.24, 2.45) is 0 Å². The third-order valence-electron chi connectivity index (χ3n) is 0.918. The van der Waals surface area contributed by atoms with E-state index in [2.05, 4.69) is 4.98 Å². The van der Waals surface area contributed by atoms with Crippen LogP contribution in [0.15, 0.2) is 11.7 Å². The Bertz CT molecular complexity index is 224. The molecule has 1 rings (SSSR count). The lowest BCUT2D eigenvalue weighted by Crippen LogP contribution is -2.03. The highest BCUT2D eigenvalue weighted by Crippen LogP contribution is 2.20. The predicted octanol–water partition coefficient (Wildman–Crippen LogP) is 1.24. The van der Waals surface area contributed by atoms with Gasteiger partial charge in [-0.2, -0.15) is 0 Å². The van der Waals surface area contributed by atoms with E-state index in [9.17, 15) is 9.18 Å². The number of thiazole rings is 1. The number of halogens is 1. The molecule has 3 nitrogen and oxygen atoms in total. The Kier molecular flexibility index (Phi) is 1.96. The number of carboxylic acid groups (broad SMARTS) is 1. The first-order valence-corrected chi connectivity index (χ1v) is 3.35. The summed E-state index contributed by atoms with van der Waals surface area (Å²) in [4.78, 5) is 13.7. The van der Waals surface area contributed by atoms with E-state index in [1.807, 2.05) is 0 Å². The van der Waals surface area contributed by atoms with Gasteiger partial charge in [0.15, 0.2) is 0 Å². The number of alkyl halides is 1. The molecule has 1 atom stereocenters. The molecule has 1 aromatic rings. The van der Waals surface area contributed by atoms with Crippen LogP contribution in [-0.4, -0.2) is 16.1 Å². The van der Waals surface area contributed by atoms with Crippen LogP contribution in [0.4, 0.5) is 4.39 Å². The van der Waals surface area contributed by atoms with Crippen molar-refractivity contribution < 1.29 is 14.3 Å². The lowest BCUT2D eigenvalue weighted by Gasteiger charge is -1.94. The Hall–Kier alpha value is -0.970. The molecule has 1 aromatic heterocycles. The topological polar surface area (TPSA) is 50.2 Å². The maximum absolute atomic E-state index is 12.5. The highest BCUT2D eigenvalue weighted by atomic mass is 32.1. The molecular formula is C5H4FNO2S. The number of carbonyl (C=O) groups is 1. The fourth-order valence-electron chi connectivity index (χ4n) is 0.472. The average molecular weight is 161 g/mol. The minimum absolute atomic E-state index is 0.132. The number of hydrogen-bond acceptors (Lipinski definition) is 3. The molecule has 1 heterocycles. The number of aromatic nitrogens is 1. The molecule has 5 heteroatoms. The van der Waals surface area contributed by atoms with Gasteiger partial charge in [-0.25, -0.2) is 9.18 Å². The third kappa shape index (κ3) is 1.30. The first-order valence-electron chi connectivity index (χ1n) is 2.47. The van der Waals surface area contributed by atoms with E-state index in [1.54, 1.807) is 0 Å². The summed E-state index contributed by atoms with van der Waals surface area (Å²) in [6, 6.07) is 0. The van der Waals surface area contributed by atoms with E-state index in [-0.39, 0.29) is 4.88 Å². The molecule has 0 aliphatic heterocycles. The zero-order valence-corrected chi connectivity index (χ0v) is 5.64. The second-order valence-corrected chi connectivity index (χ2v) is 2.52. The van der Waals surface area contributed by atoms with Crippen LogP contribution in [0.25, 0.3) is 0 Å². The maximum Gasteiger partial charge on any atom is 0.343 e. The van der Waals surface area contributed by atoms with Crippen LogP contribution in [0.5, 0.6) is 0 Å². The summed E-state index contributed by atoms with van der Waals surface area (Å²) >= 11 is 0.992. The monoisotopic (exact) mass is 161 g/mol. The van der Waals surface area contributed by atoms with Crippen molar-refractivity contribution in [3.63, 3.8) is 0 Å². The Morgan fingerprint density at radius 2 is 2.60 bits per heavy atom. The summed E-state index contributed by atoms with van der Waals surface area (Å²) in [6.45, 7) is 0. The molecular weight excluding hydrogens is 157 g/mol. The highest BCUT2D eigenvalue weighted by molar-refractivity contribution is 7.09. The molecule has 0 aromatic carbocycles. The van der Waals surface area contributed by atoms with Gasteiger partial charge in [0.25, 0.3) is 0 Å². The van der Waals surface area contributed by atoms with Crippen LogP contribution in [0.2, 0.25) is 0 Å². The normalized spacial score (nSPS) is 12.9. The first kappa shape index (κ1) is 7.14.